The van der Waals surface area contributed by atoms with Crippen LogP contribution >= 0.6 is 0 Å². The minimum Gasteiger partial charge on any atom is -0.372 e. The maximum Gasteiger partial charge on any atom is 0.268 e. The number of nitrogens with one attached hydrogen (secondary N) is 1. The van der Waals surface area contributed by atoms with E-state index in [2.05, 4.69) is 5.32 Å². The van der Waals surface area contributed by atoms with Crippen molar-refractivity contribution in [3.05, 3.63) is 95.1 Å². The highest BCUT2D eigenvalue weighted by Gasteiger charge is 2.51. The van der Waals surface area contributed by atoms with E-state index in [1.165, 1.54) is 4.90 Å². The van der Waals surface area contributed by atoms with Crippen LogP contribution < -0.4 is 10.2 Å². The number of hydrogen-bond acceptors (Lipinski definition) is 3. The summed E-state index contributed by atoms with van der Waals surface area (Å²) in [6.45, 7) is 3.67. The van der Waals surface area contributed by atoms with Crippen LogP contribution in [-0.4, -0.2) is 23.5 Å². The van der Waals surface area contributed by atoms with E-state index in [9.17, 15) is 14.7 Å². The molecule has 4 rings (SSSR count). The molecule has 3 aromatic rings. The Morgan fingerprint density at radius 1 is 0.931 bits per heavy atom. The summed E-state index contributed by atoms with van der Waals surface area (Å²) in [6.07, 6.45) is 0. The predicted octanol–water partition coefficient (Wildman–Crippen LogP) is 3.52. The predicted molar refractivity (Wildman–Crippen MR) is 113 cm³/mol. The number of carbonyl (C=O) groups is 2. The fraction of sp³-hybridized carbons (Fsp3) is 0.167. The number of fused-ring (bicyclic) bond motifs is 1. The molecule has 0 bridgehead atoms. The first kappa shape index (κ1) is 18.9. The Morgan fingerprint density at radius 3 is 2.24 bits per heavy atom. The van der Waals surface area contributed by atoms with Crippen LogP contribution in [0.2, 0.25) is 0 Å². The van der Waals surface area contributed by atoms with Crippen LogP contribution in [0.1, 0.15) is 22.3 Å². The van der Waals surface area contributed by atoms with Crippen molar-refractivity contribution in [1.29, 1.82) is 0 Å². The van der Waals surface area contributed by atoms with Crippen LogP contribution in [0.15, 0.2) is 72.8 Å². The molecule has 0 aromatic heterocycles. The molecule has 0 saturated carbocycles. The summed E-state index contributed by atoms with van der Waals surface area (Å²) in [7, 11) is 0. The average molecular weight is 386 g/mol. The summed E-state index contributed by atoms with van der Waals surface area (Å²) in [5.74, 6) is -0.843. The molecule has 0 saturated heterocycles. The quantitative estimate of drug-likeness (QED) is 0.721. The molecule has 29 heavy (non-hydrogen) atoms. The molecular weight excluding hydrogens is 364 g/mol. The lowest BCUT2D eigenvalue weighted by Crippen LogP contribution is -2.44. The number of benzene rings is 3. The first-order chi connectivity index (χ1) is 13.9. The van der Waals surface area contributed by atoms with Crippen LogP contribution in [-0.2, 0) is 15.2 Å². The van der Waals surface area contributed by atoms with Crippen LogP contribution in [0.3, 0.4) is 0 Å². The molecule has 1 atom stereocenters. The lowest BCUT2D eigenvalue weighted by molar-refractivity contribution is -0.133. The number of nitrogens with zero attached hydrogens (tertiary/aromatic N) is 1. The summed E-state index contributed by atoms with van der Waals surface area (Å²) >= 11 is 0. The Bertz CT molecular complexity index is 1070. The fourth-order valence-corrected chi connectivity index (χ4v) is 3.88. The molecule has 0 spiro atoms. The first-order valence-corrected chi connectivity index (χ1v) is 9.48. The third-order valence-electron chi connectivity index (χ3n) is 5.38. The van der Waals surface area contributed by atoms with Gasteiger partial charge in [0, 0.05) is 11.3 Å². The number of para-hydroxylation sites is 2. The van der Waals surface area contributed by atoms with Crippen molar-refractivity contribution < 1.29 is 14.7 Å². The Balaban J connectivity index is 1.67. The van der Waals surface area contributed by atoms with Gasteiger partial charge in [0.1, 0.15) is 6.54 Å². The summed E-state index contributed by atoms with van der Waals surface area (Å²) in [5, 5.41) is 14.3. The second kappa shape index (κ2) is 7.18. The van der Waals surface area contributed by atoms with Crippen molar-refractivity contribution in [2.45, 2.75) is 19.4 Å². The molecule has 2 N–H and O–H groups in total. The lowest BCUT2D eigenvalue weighted by atomic mass is 9.88. The molecule has 1 heterocycles. The molecule has 0 aliphatic carbocycles. The van der Waals surface area contributed by atoms with Crippen LogP contribution in [0, 0.1) is 13.8 Å². The van der Waals surface area contributed by atoms with E-state index in [-0.39, 0.29) is 12.5 Å². The van der Waals surface area contributed by atoms with Gasteiger partial charge in [-0.05, 0) is 36.6 Å². The number of hydrogen-bond donors (Lipinski definition) is 2. The molecule has 1 aliphatic heterocycles. The third-order valence-corrected chi connectivity index (χ3v) is 5.38. The normalized spacial score (nSPS) is 17.9. The van der Waals surface area contributed by atoms with Gasteiger partial charge in [-0.1, -0.05) is 66.7 Å². The van der Waals surface area contributed by atoms with Crippen molar-refractivity contribution in [2.24, 2.45) is 0 Å². The molecule has 146 valence electrons. The fourth-order valence-electron chi connectivity index (χ4n) is 3.88. The second-order valence-electron chi connectivity index (χ2n) is 7.30. The summed E-state index contributed by atoms with van der Waals surface area (Å²) in [5.41, 5.74) is 2.35. The molecule has 0 fully saturated rings. The Hall–Kier alpha value is -3.44. The highest BCUT2D eigenvalue weighted by molar-refractivity contribution is 6.12. The molecule has 1 aliphatic rings. The second-order valence-corrected chi connectivity index (χ2v) is 7.30. The number of rotatable bonds is 4. The lowest BCUT2D eigenvalue weighted by Gasteiger charge is -2.23. The number of carbonyl (C=O) groups excluding carboxylic acids is 2. The average Bonchev–Trinajstić information content (AvgIpc) is 2.94. The smallest absolute Gasteiger partial charge is 0.268 e. The molecule has 5 nitrogen and oxygen atoms in total. The van der Waals surface area contributed by atoms with E-state index in [4.69, 9.17) is 0 Å². The standard InChI is InChI=1S/C24H22N2O3/c1-16-9-8-10-17(2)22(16)25-21(27)15-26-20-14-7-6-13-19(20)24(29,23(26)28)18-11-4-3-5-12-18/h3-14,29H,15H2,1-2H3,(H,25,27). The summed E-state index contributed by atoms with van der Waals surface area (Å²) in [4.78, 5) is 27.4. The zero-order valence-corrected chi connectivity index (χ0v) is 16.3. The van der Waals surface area contributed by atoms with Crippen molar-refractivity contribution in [3.8, 4) is 0 Å². The van der Waals surface area contributed by atoms with Gasteiger partial charge in [-0.25, -0.2) is 0 Å². The van der Waals surface area contributed by atoms with Crippen LogP contribution in [0.4, 0.5) is 11.4 Å². The minimum absolute atomic E-state index is 0.182. The Morgan fingerprint density at radius 2 is 1.55 bits per heavy atom. The number of amides is 2. The zero-order chi connectivity index (χ0) is 20.6. The highest BCUT2D eigenvalue weighted by atomic mass is 16.3. The van der Waals surface area contributed by atoms with Gasteiger partial charge in [0.25, 0.3) is 5.91 Å². The Kier molecular flexibility index (Phi) is 4.68. The van der Waals surface area contributed by atoms with Crippen LogP contribution in [0.25, 0.3) is 0 Å². The van der Waals surface area contributed by atoms with E-state index in [1.807, 2.05) is 38.1 Å². The van der Waals surface area contributed by atoms with E-state index in [0.29, 0.717) is 16.8 Å². The largest absolute Gasteiger partial charge is 0.372 e. The van der Waals surface area contributed by atoms with Crippen molar-refractivity contribution in [2.75, 3.05) is 16.8 Å². The van der Waals surface area contributed by atoms with Gasteiger partial charge in [-0.3, -0.25) is 14.5 Å². The SMILES string of the molecule is Cc1cccc(C)c1NC(=O)CN1C(=O)C(O)(c2ccccc2)c2ccccc21. The van der Waals surface area contributed by atoms with Crippen molar-refractivity contribution in [1.82, 2.24) is 0 Å². The van der Waals surface area contributed by atoms with Gasteiger partial charge in [-0.2, -0.15) is 0 Å². The molecule has 5 heteroatoms. The Labute approximate surface area is 169 Å². The maximum atomic E-state index is 13.3. The molecule has 1 unspecified atom stereocenters. The molecular formula is C24H22N2O3. The van der Waals surface area contributed by atoms with Gasteiger partial charge in [0.15, 0.2) is 5.60 Å². The topological polar surface area (TPSA) is 69.6 Å². The van der Waals surface area contributed by atoms with Crippen molar-refractivity contribution in [3.63, 3.8) is 0 Å². The molecule has 3 aromatic carbocycles. The number of anilines is 2. The molecule has 2 amide bonds. The van der Waals surface area contributed by atoms with E-state index in [0.717, 1.165) is 16.8 Å². The van der Waals surface area contributed by atoms with Gasteiger partial charge in [0.05, 0.1) is 5.69 Å². The van der Waals surface area contributed by atoms with Crippen LogP contribution in [0.5, 0.6) is 0 Å². The third kappa shape index (κ3) is 3.09. The van der Waals surface area contributed by atoms with Gasteiger partial charge >= 0.3 is 0 Å². The summed E-state index contributed by atoms with van der Waals surface area (Å²) in [6, 6.07) is 21.6. The summed E-state index contributed by atoms with van der Waals surface area (Å²) < 4.78 is 0. The highest BCUT2D eigenvalue weighted by Crippen LogP contribution is 2.44. The van der Waals surface area contributed by atoms with Gasteiger partial charge in [-0.15, -0.1) is 0 Å². The monoisotopic (exact) mass is 386 g/mol. The molecule has 0 radical (unpaired) electrons. The number of aliphatic hydroxyl groups is 1. The van der Waals surface area contributed by atoms with E-state index < -0.39 is 11.5 Å². The zero-order valence-electron chi connectivity index (χ0n) is 16.3. The van der Waals surface area contributed by atoms with Crippen molar-refractivity contribution >= 4 is 23.2 Å². The maximum absolute atomic E-state index is 13.3. The van der Waals surface area contributed by atoms with E-state index >= 15 is 0 Å². The number of aryl methyl sites for hydroxylation is 2. The minimum atomic E-state index is -1.81. The first-order valence-electron chi connectivity index (χ1n) is 9.48. The van der Waals surface area contributed by atoms with E-state index in [1.54, 1.807) is 48.5 Å². The van der Waals surface area contributed by atoms with Gasteiger partial charge in [0.2, 0.25) is 5.91 Å². The van der Waals surface area contributed by atoms with Gasteiger partial charge < -0.3 is 10.4 Å².